The van der Waals surface area contributed by atoms with Crippen LogP contribution in [-0.4, -0.2) is 66.3 Å². The zero-order valence-electron chi connectivity index (χ0n) is 16.6. The Morgan fingerprint density at radius 1 is 1.03 bits per heavy atom. The van der Waals surface area contributed by atoms with E-state index in [1.807, 2.05) is 0 Å². The predicted molar refractivity (Wildman–Crippen MR) is 107 cm³/mol. The molecule has 0 radical (unpaired) electrons. The van der Waals surface area contributed by atoms with Crippen LogP contribution in [0, 0.1) is 11.3 Å². The summed E-state index contributed by atoms with van der Waals surface area (Å²) in [7, 11) is 0. The third-order valence-corrected chi connectivity index (χ3v) is 4.62. The molecule has 0 spiro atoms. The van der Waals surface area contributed by atoms with Gasteiger partial charge in [-0.1, -0.05) is 0 Å². The molecule has 3 amide bonds. The van der Waals surface area contributed by atoms with E-state index in [0.717, 1.165) is 0 Å². The van der Waals surface area contributed by atoms with Crippen molar-refractivity contribution in [1.29, 1.82) is 5.26 Å². The van der Waals surface area contributed by atoms with Gasteiger partial charge in [-0.15, -0.1) is 0 Å². The fraction of sp³-hybridized carbons (Fsp3) is 0.286. The van der Waals surface area contributed by atoms with Crippen LogP contribution in [-0.2, 0) is 14.3 Å². The molecule has 1 aliphatic rings. The van der Waals surface area contributed by atoms with Crippen molar-refractivity contribution in [3.63, 3.8) is 0 Å². The number of carbonyl (C=O) groups excluding carboxylic acids is 4. The number of hydrogen-bond donors (Lipinski definition) is 1. The minimum Gasteiger partial charge on any atom is -0.459 e. The van der Waals surface area contributed by atoms with Gasteiger partial charge in [0.15, 0.2) is 12.4 Å². The van der Waals surface area contributed by atoms with Crippen molar-refractivity contribution >= 4 is 29.4 Å². The van der Waals surface area contributed by atoms with Crippen molar-refractivity contribution in [3.8, 4) is 6.07 Å². The van der Waals surface area contributed by atoms with E-state index >= 15 is 0 Å². The lowest BCUT2D eigenvalue weighted by Gasteiger charge is -2.34. The molecular weight excluding hydrogens is 404 g/mol. The summed E-state index contributed by atoms with van der Waals surface area (Å²) in [6.07, 6.45) is 1.16. The lowest BCUT2D eigenvalue weighted by atomic mass is 10.2. The van der Waals surface area contributed by atoms with E-state index in [0.29, 0.717) is 31.9 Å². The van der Waals surface area contributed by atoms with Crippen LogP contribution in [0.2, 0.25) is 0 Å². The quantitative estimate of drug-likeness (QED) is 0.691. The maximum absolute atomic E-state index is 12.3. The number of amides is 3. The summed E-state index contributed by atoms with van der Waals surface area (Å²) in [6.45, 7) is 0.974. The van der Waals surface area contributed by atoms with Gasteiger partial charge in [-0.3, -0.25) is 14.4 Å². The molecule has 0 bridgehead atoms. The summed E-state index contributed by atoms with van der Waals surface area (Å²) in [6, 6.07) is 10.9. The Morgan fingerprint density at radius 3 is 2.32 bits per heavy atom. The number of nitrogens with zero attached hydrogens (tertiary/aromatic N) is 3. The topological polar surface area (TPSA) is 133 Å². The number of carbonyl (C=O) groups is 4. The fourth-order valence-electron chi connectivity index (χ4n) is 2.98. The molecule has 0 aliphatic carbocycles. The Bertz CT molecular complexity index is 986. The number of hydrogen-bond acceptors (Lipinski definition) is 7. The minimum absolute atomic E-state index is 0.222. The van der Waals surface area contributed by atoms with Gasteiger partial charge in [0.1, 0.15) is 6.42 Å². The summed E-state index contributed by atoms with van der Waals surface area (Å²) < 4.78 is 10.2. The van der Waals surface area contributed by atoms with Gasteiger partial charge < -0.3 is 24.3 Å². The highest BCUT2D eigenvalue weighted by molar-refractivity contribution is 5.94. The minimum atomic E-state index is -0.671. The Morgan fingerprint density at radius 2 is 1.71 bits per heavy atom. The van der Waals surface area contributed by atoms with Gasteiger partial charge in [-0.05, 0) is 36.4 Å². The third kappa shape index (κ3) is 5.70. The molecule has 1 saturated heterocycles. The number of benzene rings is 1. The normalized spacial score (nSPS) is 13.3. The van der Waals surface area contributed by atoms with Crippen LogP contribution in [0.5, 0.6) is 0 Å². The fourth-order valence-corrected chi connectivity index (χ4v) is 2.98. The highest BCUT2D eigenvalue weighted by Gasteiger charge is 2.26. The molecule has 0 unspecified atom stereocenters. The summed E-state index contributed by atoms with van der Waals surface area (Å²) >= 11 is 0. The molecule has 2 aromatic rings. The summed E-state index contributed by atoms with van der Waals surface area (Å²) in [5.41, 5.74) is 0.662. The first-order valence-corrected chi connectivity index (χ1v) is 9.52. The maximum atomic E-state index is 12.3. The van der Waals surface area contributed by atoms with Gasteiger partial charge in [0.05, 0.1) is 17.9 Å². The van der Waals surface area contributed by atoms with Crippen molar-refractivity contribution in [2.75, 3.05) is 38.1 Å². The van der Waals surface area contributed by atoms with E-state index in [-0.39, 0.29) is 29.6 Å². The first-order chi connectivity index (χ1) is 15.0. The lowest BCUT2D eigenvalue weighted by Crippen LogP contribution is -2.51. The van der Waals surface area contributed by atoms with Crippen LogP contribution in [0.3, 0.4) is 0 Å². The average molecular weight is 424 g/mol. The molecule has 31 heavy (non-hydrogen) atoms. The number of rotatable bonds is 6. The molecule has 1 fully saturated rings. The Balaban J connectivity index is 1.43. The van der Waals surface area contributed by atoms with Crippen LogP contribution >= 0.6 is 0 Å². The molecule has 1 aromatic heterocycles. The van der Waals surface area contributed by atoms with Crippen molar-refractivity contribution < 1.29 is 28.3 Å². The average Bonchev–Trinajstić information content (AvgIpc) is 3.32. The van der Waals surface area contributed by atoms with Gasteiger partial charge in [0, 0.05) is 31.9 Å². The molecule has 0 atom stereocenters. The van der Waals surface area contributed by atoms with Gasteiger partial charge in [-0.25, -0.2) is 4.79 Å². The number of furan rings is 1. The predicted octanol–water partition coefficient (Wildman–Crippen LogP) is 1.27. The molecule has 1 aliphatic heterocycles. The van der Waals surface area contributed by atoms with Crippen LogP contribution in [0.25, 0.3) is 0 Å². The van der Waals surface area contributed by atoms with E-state index in [1.54, 1.807) is 23.1 Å². The van der Waals surface area contributed by atoms with Gasteiger partial charge in [-0.2, -0.15) is 5.26 Å². The van der Waals surface area contributed by atoms with E-state index < -0.39 is 18.5 Å². The lowest BCUT2D eigenvalue weighted by molar-refractivity contribution is -0.136. The molecule has 160 valence electrons. The number of ether oxygens (including phenoxy) is 1. The SMILES string of the molecule is N#CCC(=O)Nc1ccc(C(=O)OCC(=O)N2CCN(C(=O)c3ccco3)CC2)cc1. The van der Waals surface area contributed by atoms with Crippen molar-refractivity contribution in [2.24, 2.45) is 0 Å². The molecular formula is C21H20N4O6. The number of piperazine rings is 1. The van der Waals surface area contributed by atoms with Crippen molar-refractivity contribution in [3.05, 3.63) is 54.0 Å². The molecule has 1 N–H and O–H groups in total. The summed E-state index contributed by atoms with van der Waals surface area (Å²) in [5.74, 6) is -1.44. The third-order valence-electron chi connectivity index (χ3n) is 4.62. The van der Waals surface area contributed by atoms with E-state index in [1.165, 1.54) is 35.4 Å². The second-order valence-corrected chi connectivity index (χ2v) is 6.69. The van der Waals surface area contributed by atoms with Crippen molar-refractivity contribution in [1.82, 2.24) is 9.80 Å². The summed E-state index contributed by atoms with van der Waals surface area (Å²) in [4.78, 5) is 51.2. The standard InChI is InChI=1S/C21H20N4O6/c22-8-7-18(26)23-16-5-3-15(4-6-16)21(29)31-14-19(27)24-9-11-25(12-10-24)20(28)17-2-1-13-30-17/h1-6,13H,7,9-12,14H2,(H,23,26). The monoisotopic (exact) mass is 424 g/mol. The largest absolute Gasteiger partial charge is 0.459 e. The molecule has 10 heteroatoms. The Kier molecular flexibility index (Phi) is 7.01. The first kappa shape index (κ1) is 21.6. The highest BCUT2D eigenvalue weighted by Crippen LogP contribution is 2.12. The van der Waals surface area contributed by atoms with Crippen LogP contribution in [0.1, 0.15) is 27.3 Å². The number of nitriles is 1. The van der Waals surface area contributed by atoms with E-state index in [4.69, 9.17) is 14.4 Å². The molecule has 2 heterocycles. The molecule has 10 nitrogen and oxygen atoms in total. The second-order valence-electron chi connectivity index (χ2n) is 6.69. The number of esters is 1. The zero-order chi connectivity index (χ0) is 22.2. The first-order valence-electron chi connectivity index (χ1n) is 9.52. The number of nitrogens with one attached hydrogen (secondary N) is 1. The molecule has 1 aromatic carbocycles. The van der Waals surface area contributed by atoms with E-state index in [2.05, 4.69) is 5.32 Å². The van der Waals surface area contributed by atoms with Crippen molar-refractivity contribution in [2.45, 2.75) is 6.42 Å². The molecule has 3 rings (SSSR count). The van der Waals surface area contributed by atoms with Gasteiger partial charge in [0.25, 0.3) is 11.8 Å². The van der Waals surface area contributed by atoms with Crippen LogP contribution in [0.4, 0.5) is 5.69 Å². The van der Waals surface area contributed by atoms with Gasteiger partial charge >= 0.3 is 5.97 Å². The van der Waals surface area contributed by atoms with Crippen LogP contribution in [0.15, 0.2) is 47.1 Å². The maximum Gasteiger partial charge on any atom is 0.338 e. The second kappa shape index (κ2) is 10.1. The smallest absolute Gasteiger partial charge is 0.338 e. The molecule has 0 saturated carbocycles. The van der Waals surface area contributed by atoms with Gasteiger partial charge in [0.2, 0.25) is 5.91 Å². The number of anilines is 1. The Hall–Kier alpha value is -4.13. The zero-order valence-corrected chi connectivity index (χ0v) is 16.6. The Labute approximate surface area is 178 Å². The van der Waals surface area contributed by atoms with E-state index in [9.17, 15) is 19.2 Å². The van der Waals surface area contributed by atoms with Crippen LogP contribution < -0.4 is 5.32 Å². The highest BCUT2D eigenvalue weighted by atomic mass is 16.5. The summed E-state index contributed by atoms with van der Waals surface area (Å²) in [5, 5.41) is 11.0.